The fraction of sp³-hybridized carbons (Fsp3) is 0.0465. The van der Waals surface area contributed by atoms with Crippen molar-refractivity contribution in [2.45, 2.75) is 12.8 Å². The van der Waals surface area contributed by atoms with Crippen LogP contribution in [0.4, 0.5) is 17.1 Å². The molecule has 0 saturated carbocycles. The van der Waals surface area contributed by atoms with E-state index in [9.17, 15) is 0 Å². The SMILES string of the molecule is C1=CB2N(C=C1)c1cc(-c3ccc4c(c3)c3ccccc3n4-c3nc(C4=CCCC=C4)nc(-c4ccccc4)n3)ccc1N2c1ccccc1. The third-order valence-electron chi connectivity index (χ3n) is 9.85. The molecule has 1 aliphatic carbocycles. The van der Waals surface area contributed by atoms with E-state index in [1.165, 1.54) is 22.6 Å². The first-order valence-corrected chi connectivity index (χ1v) is 17.1. The van der Waals surface area contributed by atoms with Crippen molar-refractivity contribution in [2.75, 3.05) is 9.62 Å². The highest BCUT2D eigenvalue weighted by atomic mass is 15.3. The molecule has 0 saturated heterocycles. The zero-order chi connectivity index (χ0) is 33.0. The predicted octanol–water partition coefficient (Wildman–Crippen LogP) is 10.1. The Morgan fingerprint density at radius 1 is 0.580 bits per heavy atom. The van der Waals surface area contributed by atoms with Gasteiger partial charge < -0.3 is 9.62 Å². The Kier molecular flexibility index (Phi) is 6.62. The molecule has 2 aliphatic heterocycles. The average molecular weight is 643 g/mol. The Labute approximate surface area is 290 Å². The van der Waals surface area contributed by atoms with E-state index in [0.29, 0.717) is 17.6 Å². The normalized spacial score (nSPS) is 14.8. The van der Waals surface area contributed by atoms with Gasteiger partial charge in [-0.15, -0.1) is 0 Å². The summed E-state index contributed by atoms with van der Waals surface area (Å²) in [5, 5.41) is 2.31. The second kappa shape index (κ2) is 11.6. The van der Waals surface area contributed by atoms with Gasteiger partial charge in [0.25, 0.3) is 0 Å². The van der Waals surface area contributed by atoms with Crippen LogP contribution in [0, 0.1) is 0 Å². The molecule has 236 valence electrons. The first-order valence-electron chi connectivity index (χ1n) is 17.1. The van der Waals surface area contributed by atoms with Crippen molar-refractivity contribution < 1.29 is 0 Å². The zero-order valence-electron chi connectivity index (χ0n) is 27.3. The second-order valence-electron chi connectivity index (χ2n) is 12.8. The maximum atomic E-state index is 5.11. The Hall–Kier alpha value is -6.47. The van der Waals surface area contributed by atoms with Gasteiger partial charge in [0.2, 0.25) is 5.95 Å². The van der Waals surface area contributed by atoms with E-state index < -0.39 is 0 Å². The summed E-state index contributed by atoms with van der Waals surface area (Å²) in [6.07, 6.45) is 15.0. The molecule has 50 heavy (non-hydrogen) atoms. The monoisotopic (exact) mass is 642 g/mol. The lowest BCUT2D eigenvalue weighted by molar-refractivity contribution is 0.927. The third kappa shape index (κ3) is 4.62. The molecular weight excluding hydrogens is 611 g/mol. The summed E-state index contributed by atoms with van der Waals surface area (Å²) in [6, 6.07) is 42.9. The molecule has 6 nitrogen and oxygen atoms in total. The van der Waals surface area contributed by atoms with Gasteiger partial charge in [-0.3, -0.25) is 4.57 Å². The number of rotatable bonds is 5. The fourth-order valence-corrected chi connectivity index (χ4v) is 7.51. The van der Waals surface area contributed by atoms with Crippen molar-refractivity contribution in [3.63, 3.8) is 0 Å². The van der Waals surface area contributed by atoms with Crippen LogP contribution in [0.1, 0.15) is 18.7 Å². The van der Waals surface area contributed by atoms with Gasteiger partial charge in [-0.25, -0.2) is 4.98 Å². The second-order valence-corrected chi connectivity index (χ2v) is 12.8. The molecule has 0 fully saturated rings. The van der Waals surface area contributed by atoms with E-state index in [0.717, 1.165) is 51.3 Å². The smallest absolute Gasteiger partial charge is 0.366 e. The first kappa shape index (κ1) is 28.5. The summed E-state index contributed by atoms with van der Waals surface area (Å²) >= 11 is 0. The van der Waals surface area contributed by atoms with E-state index in [2.05, 4.69) is 160 Å². The van der Waals surface area contributed by atoms with E-state index >= 15 is 0 Å². The molecule has 10 rings (SSSR count). The molecule has 0 bridgehead atoms. The number of hydrogen-bond donors (Lipinski definition) is 0. The fourth-order valence-electron chi connectivity index (χ4n) is 7.51. The van der Waals surface area contributed by atoms with Gasteiger partial charge in [-0.1, -0.05) is 109 Å². The Morgan fingerprint density at radius 2 is 1.34 bits per heavy atom. The van der Waals surface area contributed by atoms with Gasteiger partial charge in [-0.2, -0.15) is 9.97 Å². The Balaban J connectivity index is 1.13. The Morgan fingerprint density at radius 3 is 2.20 bits per heavy atom. The molecule has 0 spiro atoms. The zero-order valence-corrected chi connectivity index (χ0v) is 27.3. The lowest BCUT2D eigenvalue weighted by Crippen LogP contribution is -2.42. The van der Waals surface area contributed by atoms with E-state index in [1.807, 2.05) is 18.2 Å². The summed E-state index contributed by atoms with van der Waals surface area (Å²) in [5.41, 5.74) is 10.0. The van der Waals surface area contributed by atoms with Crippen molar-refractivity contribution in [3.8, 4) is 28.5 Å². The average Bonchev–Trinajstić information content (AvgIpc) is 3.71. The first-order chi connectivity index (χ1) is 24.8. The molecule has 0 atom stereocenters. The maximum absolute atomic E-state index is 5.11. The minimum absolute atomic E-state index is 0.0963. The van der Waals surface area contributed by atoms with Crippen molar-refractivity contribution in [1.29, 1.82) is 0 Å². The summed E-state index contributed by atoms with van der Waals surface area (Å²) in [6.45, 7) is 0.0963. The molecule has 0 N–H and O–H groups in total. The molecule has 0 amide bonds. The van der Waals surface area contributed by atoms with Crippen molar-refractivity contribution in [2.24, 2.45) is 0 Å². The number of nitrogens with zero attached hydrogens (tertiary/aromatic N) is 6. The van der Waals surface area contributed by atoms with Crippen LogP contribution in [0.15, 0.2) is 164 Å². The van der Waals surface area contributed by atoms with E-state index in [1.54, 1.807) is 0 Å². The molecule has 5 aromatic carbocycles. The highest BCUT2D eigenvalue weighted by Gasteiger charge is 2.39. The lowest BCUT2D eigenvalue weighted by atomic mass is 9.71. The Bertz CT molecular complexity index is 2570. The van der Waals surface area contributed by atoms with Crippen LogP contribution in [-0.4, -0.2) is 26.5 Å². The number of fused-ring (bicyclic) bond motifs is 6. The number of aromatic nitrogens is 4. The molecule has 0 radical (unpaired) electrons. The topological polar surface area (TPSA) is 50.1 Å². The molecule has 0 unspecified atom stereocenters. The maximum Gasteiger partial charge on any atom is 0.412 e. The highest BCUT2D eigenvalue weighted by molar-refractivity contribution is 6.76. The van der Waals surface area contributed by atoms with Crippen molar-refractivity contribution >= 4 is 51.4 Å². The van der Waals surface area contributed by atoms with Gasteiger partial charge in [0.15, 0.2) is 11.6 Å². The number of hydrogen-bond acceptors (Lipinski definition) is 5. The van der Waals surface area contributed by atoms with Gasteiger partial charge >= 0.3 is 6.98 Å². The third-order valence-corrected chi connectivity index (χ3v) is 9.85. The van der Waals surface area contributed by atoms with Crippen LogP contribution in [0.25, 0.3) is 55.8 Å². The molecule has 7 aromatic rings. The molecule has 4 heterocycles. The van der Waals surface area contributed by atoms with Crippen LogP contribution < -0.4 is 9.62 Å². The number of benzene rings is 5. The molecule has 2 aromatic heterocycles. The number of para-hydroxylation sites is 2. The van der Waals surface area contributed by atoms with Crippen LogP contribution in [-0.2, 0) is 0 Å². The van der Waals surface area contributed by atoms with Crippen LogP contribution >= 0.6 is 0 Å². The minimum Gasteiger partial charge on any atom is -0.366 e. The van der Waals surface area contributed by atoms with Gasteiger partial charge in [-0.05, 0) is 78.7 Å². The van der Waals surface area contributed by atoms with Gasteiger partial charge in [0.05, 0.1) is 22.4 Å². The molecule has 3 aliphatic rings. The highest BCUT2D eigenvalue weighted by Crippen LogP contribution is 2.46. The summed E-state index contributed by atoms with van der Waals surface area (Å²) in [5.74, 6) is 4.22. The predicted molar refractivity (Wildman–Crippen MR) is 206 cm³/mol. The number of anilines is 3. The summed E-state index contributed by atoms with van der Waals surface area (Å²) < 4.78 is 2.19. The van der Waals surface area contributed by atoms with E-state index in [4.69, 9.17) is 15.0 Å². The molecule has 7 heteroatoms. The van der Waals surface area contributed by atoms with Crippen LogP contribution in [0.2, 0.25) is 0 Å². The minimum atomic E-state index is 0.0963. The lowest BCUT2D eigenvalue weighted by Gasteiger charge is -2.26. The summed E-state index contributed by atoms with van der Waals surface area (Å²) in [4.78, 5) is 19.9. The molecular formula is C43H31BN6. The van der Waals surface area contributed by atoms with Gasteiger partial charge in [0, 0.05) is 27.6 Å². The van der Waals surface area contributed by atoms with Crippen molar-refractivity contribution in [3.05, 3.63) is 170 Å². The summed E-state index contributed by atoms with van der Waals surface area (Å²) in [7, 11) is 0. The standard InChI is InChI=1S/C43H31BN6/c1-4-14-30(15-5-1)41-45-42(31-16-6-2-7-17-31)47-43(46-41)49-37-21-11-10-20-35(37)36-28-32(22-24-38(36)49)33-23-25-39-40(29-33)48-27-13-12-26-44(48)50(39)34-18-8-3-9-19-34/h1,3-6,8-29H,2,7H2. The van der Waals surface area contributed by atoms with Crippen LogP contribution in [0.3, 0.4) is 0 Å². The van der Waals surface area contributed by atoms with Crippen LogP contribution in [0.5, 0.6) is 0 Å². The quantitative estimate of drug-likeness (QED) is 0.175. The van der Waals surface area contributed by atoms with E-state index in [-0.39, 0.29) is 6.98 Å². The van der Waals surface area contributed by atoms with Gasteiger partial charge in [0.1, 0.15) is 0 Å². The number of allylic oxidation sites excluding steroid dienone is 6. The van der Waals surface area contributed by atoms with Crippen molar-refractivity contribution in [1.82, 2.24) is 19.5 Å². The largest absolute Gasteiger partial charge is 0.412 e.